The smallest absolute Gasteiger partial charge is 0.325 e. The maximum absolute atomic E-state index is 14.3. The number of nitrogens with zero attached hydrogens (tertiary/aromatic N) is 5. The summed E-state index contributed by atoms with van der Waals surface area (Å²) < 4.78 is 15.9. The number of amides is 3. The van der Waals surface area contributed by atoms with E-state index >= 15 is 0 Å². The van der Waals surface area contributed by atoms with Gasteiger partial charge < -0.3 is 9.80 Å². The van der Waals surface area contributed by atoms with Crippen LogP contribution in [0.4, 0.5) is 15.1 Å². The number of carbonyl (C=O) groups is 2. The summed E-state index contributed by atoms with van der Waals surface area (Å²) in [6.45, 7) is 0. The number of rotatable bonds is 1. The lowest BCUT2D eigenvalue weighted by Gasteiger charge is -2.36. The first-order valence-corrected chi connectivity index (χ1v) is 7.49. The molecule has 1 aromatic carbocycles. The first kappa shape index (κ1) is 14.9. The van der Waals surface area contributed by atoms with E-state index in [1.54, 1.807) is 29.6 Å². The van der Waals surface area contributed by atoms with Crippen LogP contribution in [0.25, 0.3) is 11.4 Å². The molecule has 124 valence electrons. The van der Waals surface area contributed by atoms with Gasteiger partial charge in [-0.1, -0.05) is 17.7 Å². The lowest BCUT2D eigenvalue weighted by Crippen LogP contribution is -2.60. The number of halogens is 2. The van der Waals surface area contributed by atoms with Crippen molar-refractivity contribution in [1.29, 1.82) is 0 Å². The van der Waals surface area contributed by atoms with Crippen LogP contribution in [0.2, 0.25) is 5.02 Å². The zero-order chi connectivity index (χ0) is 17.2. The highest BCUT2D eigenvalue weighted by Crippen LogP contribution is 2.41. The lowest BCUT2D eigenvalue weighted by atomic mass is 10.1. The molecule has 4 rings (SSSR count). The molecule has 2 aromatic rings. The molecule has 2 aliphatic rings. The molecular weight excluding hydrogens is 339 g/mol. The molecule has 1 N–H and O–H groups in total. The standard InChI is InChI=1S/C14H12ClFN6O2/c1-20-9-11(23)17-14(24)21(2)12(9)22-10(18-19-13(20)22)8-6(15)4-3-5-7(8)16/h3-5,9,12H,1-2H3,(H,17,23,24). The number of carbonyl (C=O) groups excluding carboxylic acids is 2. The summed E-state index contributed by atoms with van der Waals surface area (Å²) in [7, 11) is 3.22. The minimum atomic E-state index is -0.688. The Morgan fingerprint density at radius 1 is 1.21 bits per heavy atom. The van der Waals surface area contributed by atoms with Gasteiger partial charge in [0.25, 0.3) is 5.91 Å². The molecule has 2 aliphatic heterocycles. The van der Waals surface area contributed by atoms with Gasteiger partial charge >= 0.3 is 6.03 Å². The average Bonchev–Trinajstić information content (AvgIpc) is 3.05. The van der Waals surface area contributed by atoms with E-state index in [0.717, 1.165) is 0 Å². The van der Waals surface area contributed by atoms with Gasteiger partial charge in [-0.3, -0.25) is 14.7 Å². The van der Waals surface area contributed by atoms with E-state index in [-0.39, 0.29) is 16.4 Å². The predicted octanol–water partition coefficient (Wildman–Crippen LogP) is 1.24. The van der Waals surface area contributed by atoms with Crippen LogP contribution in [0.1, 0.15) is 6.17 Å². The molecule has 0 saturated carbocycles. The molecule has 10 heteroatoms. The topological polar surface area (TPSA) is 83.4 Å². The van der Waals surface area contributed by atoms with Gasteiger partial charge in [-0.05, 0) is 12.1 Å². The van der Waals surface area contributed by atoms with E-state index in [9.17, 15) is 14.0 Å². The molecule has 0 spiro atoms. The maximum atomic E-state index is 14.3. The van der Waals surface area contributed by atoms with Gasteiger partial charge in [0.15, 0.2) is 11.9 Å². The van der Waals surface area contributed by atoms with Crippen molar-refractivity contribution < 1.29 is 14.0 Å². The summed E-state index contributed by atoms with van der Waals surface area (Å²) >= 11 is 6.13. The van der Waals surface area contributed by atoms with Crippen molar-refractivity contribution in [2.75, 3.05) is 19.0 Å². The number of fused-ring (bicyclic) bond motifs is 3. The number of anilines is 1. The number of nitrogens with one attached hydrogen (secondary N) is 1. The molecule has 0 bridgehead atoms. The Balaban J connectivity index is 1.95. The second-order valence-electron chi connectivity index (χ2n) is 5.66. The van der Waals surface area contributed by atoms with E-state index in [1.165, 1.54) is 17.0 Å². The average molecular weight is 351 g/mol. The molecular formula is C14H12ClFN6O2. The summed E-state index contributed by atoms with van der Waals surface area (Å²) in [6, 6.07) is 3.08. The van der Waals surface area contributed by atoms with Gasteiger partial charge in [0.05, 0.1) is 10.6 Å². The Hall–Kier alpha value is -2.68. The van der Waals surface area contributed by atoms with Gasteiger partial charge in [-0.25, -0.2) is 9.18 Å². The van der Waals surface area contributed by atoms with Crippen LogP contribution >= 0.6 is 11.6 Å². The minimum absolute atomic E-state index is 0.0822. The monoisotopic (exact) mass is 350 g/mol. The van der Waals surface area contributed by atoms with E-state index in [2.05, 4.69) is 15.5 Å². The largest absolute Gasteiger partial charge is 0.328 e. The van der Waals surface area contributed by atoms with Crippen molar-refractivity contribution in [3.63, 3.8) is 0 Å². The molecule has 8 nitrogen and oxygen atoms in total. The number of hydrogen-bond acceptors (Lipinski definition) is 5. The molecule has 3 amide bonds. The summed E-state index contributed by atoms with van der Waals surface area (Å²) in [5, 5.41) is 10.5. The molecule has 1 aromatic heterocycles. The van der Waals surface area contributed by atoms with Crippen LogP contribution in [0.15, 0.2) is 18.2 Å². The van der Waals surface area contributed by atoms with Gasteiger partial charge in [0, 0.05) is 14.1 Å². The lowest BCUT2D eigenvalue weighted by molar-refractivity contribution is -0.124. The van der Waals surface area contributed by atoms with E-state index in [4.69, 9.17) is 11.6 Å². The third-order valence-corrected chi connectivity index (χ3v) is 4.67. The summed E-state index contributed by atoms with van der Waals surface area (Å²) in [5.41, 5.74) is 0.0822. The van der Waals surface area contributed by atoms with Crippen LogP contribution in [0, 0.1) is 5.82 Å². The number of hydrogen-bond donors (Lipinski definition) is 1. The number of benzene rings is 1. The van der Waals surface area contributed by atoms with Gasteiger partial charge in [0.1, 0.15) is 12.0 Å². The van der Waals surface area contributed by atoms with Crippen molar-refractivity contribution in [1.82, 2.24) is 25.0 Å². The molecule has 3 heterocycles. The van der Waals surface area contributed by atoms with Gasteiger partial charge in [-0.2, -0.15) is 0 Å². The quantitative estimate of drug-likeness (QED) is 0.836. The molecule has 1 fully saturated rings. The Morgan fingerprint density at radius 3 is 2.67 bits per heavy atom. The fourth-order valence-corrected chi connectivity index (χ4v) is 3.45. The van der Waals surface area contributed by atoms with E-state index in [0.29, 0.717) is 5.95 Å². The molecule has 2 unspecified atom stereocenters. The Kier molecular flexibility index (Phi) is 3.04. The number of imide groups is 1. The van der Waals surface area contributed by atoms with Crippen molar-refractivity contribution in [3.8, 4) is 11.4 Å². The summed E-state index contributed by atoms with van der Waals surface area (Å²) in [6.07, 6.45) is -0.688. The number of urea groups is 1. The first-order chi connectivity index (χ1) is 11.4. The first-order valence-electron chi connectivity index (χ1n) is 7.11. The van der Waals surface area contributed by atoms with Crippen LogP contribution < -0.4 is 10.2 Å². The Labute approximate surface area is 140 Å². The number of likely N-dealkylation sites (N-methyl/N-ethyl adjacent to an activating group) is 2. The molecule has 24 heavy (non-hydrogen) atoms. The summed E-state index contributed by atoms with van der Waals surface area (Å²) in [5.74, 6) is -0.474. The van der Waals surface area contributed by atoms with Gasteiger partial charge in [-0.15, -0.1) is 10.2 Å². The normalized spacial score (nSPS) is 22.5. The third-order valence-electron chi connectivity index (χ3n) is 4.36. The molecule has 0 aliphatic carbocycles. The fraction of sp³-hybridized carbons (Fsp3) is 0.286. The van der Waals surface area contributed by atoms with Crippen LogP contribution in [-0.4, -0.2) is 51.7 Å². The van der Waals surface area contributed by atoms with E-state index < -0.39 is 30.0 Å². The molecule has 2 atom stereocenters. The third kappa shape index (κ3) is 1.78. The fourth-order valence-electron chi connectivity index (χ4n) is 3.20. The zero-order valence-electron chi connectivity index (χ0n) is 12.7. The Morgan fingerprint density at radius 2 is 1.96 bits per heavy atom. The number of aromatic nitrogens is 3. The second kappa shape index (κ2) is 4.91. The highest BCUT2D eigenvalue weighted by atomic mass is 35.5. The molecule has 0 radical (unpaired) electrons. The SMILES string of the molecule is CN1C(=O)NC(=O)C2C1n1c(-c3c(F)cccc3Cl)nnc1N2C. The maximum Gasteiger partial charge on any atom is 0.325 e. The van der Waals surface area contributed by atoms with Gasteiger partial charge in [0.2, 0.25) is 5.95 Å². The minimum Gasteiger partial charge on any atom is -0.328 e. The van der Waals surface area contributed by atoms with E-state index in [1.807, 2.05) is 0 Å². The van der Waals surface area contributed by atoms with Crippen LogP contribution in [0.3, 0.4) is 0 Å². The van der Waals surface area contributed by atoms with Crippen molar-refractivity contribution in [3.05, 3.63) is 29.0 Å². The zero-order valence-corrected chi connectivity index (χ0v) is 13.5. The van der Waals surface area contributed by atoms with Crippen LogP contribution in [0.5, 0.6) is 0 Å². The molecule has 1 saturated heterocycles. The highest BCUT2D eigenvalue weighted by Gasteiger charge is 2.51. The second-order valence-corrected chi connectivity index (χ2v) is 6.07. The summed E-state index contributed by atoms with van der Waals surface area (Å²) in [4.78, 5) is 27.2. The van der Waals surface area contributed by atoms with Crippen LogP contribution in [-0.2, 0) is 4.79 Å². The van der Waals surface area contributed by atoms with Crippen molar-refractivity contribution >= 4 is 29.5 Å². The highest BCUT2D eigenvalue weighted by molar-refractivity contribution is 6.33. The van der Waals surface area contributed by atoms with Crippen molar-refractivity contribution in [2.45, 2.75) is 12.2 Å². The Bertz CT molecular complexity index is 864. The predicted molar refractivity (Wildman–Crippen MR) is 83.0 cm³/mol. The van der Waals surface area contributed by atoms with Crippen molar-refractivity contribution in [2.24, 2.45) is 0 Å².